The van der Waals surface area contributed by atoms with E-state index in [4.69, 9.17) is 0 Å². The highest BCUT2D eigenvalue weighted by Crippen LogP contribution is 2.03. The van der Waals surface area contributed by atoms with Crippen LogP contribution in [0.5, 0.6) is 0 Å². The van der Waals surface area contributed by atoms with E-state index in [-0.39, 0.29) is 0 Å². The van der Waals surface area contributed by atoms with Gasteiger partial charge in [0.05, 0.1) is 0 Å². The Bertz CT molecular complexity index is 269. The van der Waals surface area contributed by atoms with E-state index in [2.05, 4.69) is 12.1 Å². The van der Waals surface area contributed by atoms with Crippen LogP contribution in [0.2, 0.25) is 6.04 Å². The Morgan fingerprint density at radius 2 is 2.00 bits per heavy atom. The Labute approximate surface area is 87.2 Å². The smallest absolute Gasteiger partial charge is 0.255 e. The highest BCUT2D eigenvalue weighted by molar-refractivity contribution is 6.56. The molecule has 0 radical (unpaired) electrons. The molecule has 0 saturated carbocycles. The van der Waals surface area contributed by atoms with Crippen molar-refractivity contribution in [1.82, 2.24) is 0 Å². The standard InChI is InChI=1S/C12H17FSi/c1-2-10-14(13)11-6-9-12-7-4-3-5-8-12/h3-8,11,14H,2,9-10H2,1H3. The summed E-state index contributed by atoms with van der Waals surface area (Å²) >= 11 is 0. The molecule has 0 N–H and O–H groups in total. The summed E-state index contributed by atoms with van der Waals surface area (Å²) in [6.45, 7) is 2.03. The van der Waals surface area contributed by atoms with Crippen molar-refractivity contribution in [3.8, 4) is 0 Å². The van der Waals surface area contributed by atoms with Gasteiger partial charge in [0.1, 0.15) is 0 Å². The summed E-state index contributed by atoms with van der Waals surface area (Å²) in [5.74, 6) is 0. The molecule has 0 aliphatic heterocycles. The Hall–Kier alpha value is -0.893. The van der Waals surface area contributed by atoms with Crippen molar-refractivity contribution in [2.75, 3.05) is 0 Å². The number of hydrogen-bond acceptors (Lipinski definition) is 0. The van der Waals surface area contributed by atoms with Crippen molar-refractivity contribution in [2.45, 2.75) is 25.8 Å². The molecule has 14 heavy (non-hydrogen) atoms. The highest BCUT2D eigenvalue weighted by Gasteiger charge is 2.01. The van der Waals surface area contributed by atoms with Crippen LogP contribution < -0.4 is 0 Å². The fraction of sp³-hybridized carbons (Fsp3) is 0.333. The molecule has 0 fully saturated rings. The van der Waals surface area contributed by atoms with Crippen LogP contribution in [0.4, 0.5) is 4.11 Å². The molecule has 0 saturated heterocycles. The maximum absolute atomic E-state index is 13.2. The van der Waals surface area contributed by atoms with Gasteiger partial charge in [-0.3, -0.25) is 0 Å². The normalized spacial score (nSPS) is 13.3. The first-order chi connectivity index (χ1) is 6.83. The molecule has 0 heterocycles. The summed E-state index contributed by atoms with van der Waals surface area (Å²) in [5.41, 5.74) is 3.05. The minimum atomic E-state index is -2.02. The van der Waals surface area contributed by atoms with Crippen molar-refractivity contribution < 1.29 is 4.11 Å². The van der Waals surface area contributed by atoms with Crippen LogP contribution in [-0.2, 0) is 6.42 Å². The monoisotopic (exact) mass is 208 g/mol. The lowest BCUT2D eigenvalue weighted by Gasteiger charge is -1.97. The Morgan fingerprint density at radius 1 is 1.29 bits per heavy atom. The van der Waals surface area contributed by atoms with E-state index in [1.807, 2.05) is 31.2 Å². The van der Waals surface area contributed by atoms with Crippen LogP contribution in [0.3, 0.4) is 0 Å². The third-order valence-corrected chi connectivity index (χ3v) is 3.92. The summed E-state index contributed by atoms with van der Waals surface area (Å²) in [6, 6.07) is 10.9. The molecule has 2 heteroatoms. The summed E-state index contributed by atoms with van der Waals surface area (Å²) in [6.07, 6.45) is 3.79. The zero-order chi connectivity index (χ0) is 10.2. The predicted octanol–water partition coefficient (Wildman–Crippen LogP) is 3.43. The quantitative estimate of drug-likeness (QED) is 0.514. The van der Waals surface area contributed by atoms with Crippen molar-refractivity contribution in [2.24, 2.45) is 0 Å². The third-order valence-electron chi connectivity index (χ3n) is 2.11. The second-order valence-electron chi connectivity index (χ2n) is 3.42. The molecule has 1 aromatic carbocycles. The number of hydrogen-bond donors (Lipinski definition) is 0. The first kappa shape index (κ1) is 11.2. The number of allylic oxidation sites excluding steroid dienone is 1. The van der Waals surface area contributed by atoms with E-state index in [1.54, 1.807) is 5.70 Å². The van der Waals surface area contributed by atoms with E-state index >= 15 is 0 Å². The summed E-state index contributed by atoms with van der Waals surface area (Å²) in [5, 5.41) is 0. The molecule has 76 valence electrons. The molecular formula is C12H17FSi. The minimum absolute atomic E-state index is 0.769. The third kappa shape index (κ3) is 4.37. The fourth-order valence-electron chi connectivity index (χ4n) is 1.34. The van der Waals surface area contributed by atoms with Crippen LogP contribution in [0, 0.1) is 0 Å². The number of benzene rings is 1. The van der Waals surface area contributed by atoms with Gasteiger partial charge in [0.25, 0.3) is 9.13 Å². The summed E-state index contributed by atoms with van der Waals surface area (Å²) in [4.78, 5) is 0. The van der Waals surface area contributed by atoms with E-state index < -0.39 is 9.13 Å². The van der Waals surface area contributed by atoms with Gasteiger partial charge < -0.3 is 4.11 Å². The van der Waals surface area contributed by atoms with Crippen LogP contribution in [0.25, 0.3) is 0 Å². The molecule has 0 spiro atoms. The highest BCUT2D eigenvalue weighted by atomic mass is 28.3. The molecule has 1 rings (SSSR count). The van der Waals surface area contributed by atoms with Crippen LogP contribution >= 0.6 is 0 Å². The molecule has 0 nitrogen and oxygen atoms in total. The molecule has 1 atom stereocenters. The molecule has 1 unspecified atom stereocenters. The molecule has 0 aliphatic carbocycles. The molecule has 0 amide bonds. The zero-order valence-electron chi connectivity index (χ0n) is 8.62. The van der Waals surface area contributed by atoms with Gasteiger partial charge in [-0.05, 0) is 18.0 Å². The maximum Gasteiger partial charge on any atom is 0.255 e. The average Bonchev–Trinajstić information content (AvgIpc) is 2.20. The van der Waals surface area contributed by atoms with E-state index in [0.717, 1.165) is 18.9 Å². The Kier molecular flexibility index (Phi) is 5.23. The van der Waals surface area contributed by atoms with Gasteiger partial charge in [-0.2, -0.15) is 0 Å². The van der Waals surface area contributed by atoms with Crippen molar-refractivity contribution in [3.63, 3.8) is 0 Å². The lowest BCUT2D eigenvalue weighted by Crippen LogP contribution is -1.99. The summed E-state index contributed by atoms with van der Waals surface area (Å²) < 4.78 is 13.2. The van der Waals surface area contributed by atoms with E-state index in [0.29, 0.717) is 0 Å². The molecular weight excluding hydrogens is 191 g/mol. The van der Waals surface area contributed by atoms with Gasteiger partial charge >= 0.3 is 0 Å². The van der Waals surface area contributed by atoms with E-state index in [1.165, 1.54) is 5.56 Å². The predicted molar refractivity (Wildman–Crippen MR) is 62.6 cm³/mol. The first-order valence-electron chi connectivity index (χ1n) is 5.17. The van der Waals surface area contributed by atoms with Gasteiger partial charge in [-0.1, -0.05) is 55.5 Å². The molecule has 0 aliphatic rings. The topological polar surface area (TPSA) is 0 Å². The van der Waals surface area contributed by atoms with Crippen molar-refractivity contribution in [1.29, 1.82) is 0 Å². The van der Waals surface area contributed by atoms with E-state index in [9.17, 15) is 4.11 Å². The van der Waals surface area contributed by atoms with Gasteiger partial charge in [0.15, 0.2) is 0 Å². The average molecular weight is 208 g/mol. The van der Waals surface area contributed by atoms with Gasteiger partial charge in [-0.15, -0.1) is 0 Å². The second kappa shape index (κ2) is 6.54. The Balaban J connectivity index is 2.33. The maximum atomic E-state index is 13.2. The molecule has 1 aromatic rings. The number of rotatable bonds is 5. The van der Waals surface area contributed by atoms with Crippen molar-refractivity contribution >= 4 is 9.13 Å². The van der Waals surface area contributed by atoms with Crippen molar-refractivity contribution in [3.05, 3.63) is 47.7 Å². The van der Waals surface area contributed by atoms with Gasteiger partial charge in [0, 0.05) is 0 Å². The van der Waals surface area contributed by atoms with Gasteiger partial charge in [0.2, 0.25) is 0 Å². The summed E-state index contributed by atoms with van der Waals surface area (Å²) in [7, 11) is -2.02. The lowest BCUT2D eigenvalue weighted by atomic mass is 10.2. The molecule has 0 bridgehead atoms. The first-order valence-corrected chi connectivity index (χ1v) is 7.09. The fourth-order valence-corrected chi connectivity index (χ4v) is 2.51. The number of halogens is 1. The second-order valence-corrected chi connectivity index (χ2v) is 5.42. The van der Waals surface area contributed by atoms with Crippen LogP contribution in [0.15, 0.2) is 42.1 Å². The molecule has 0 aromatic heterocycles. The zero-order valence-corrected chi connectivity index (χ0v) is 9.77. The van der Waals surface area contributed by atoms with Crippen LogP contribution in [-0.4, -0.2) is 9.13 Å². The van der Waals surface area contributed by atoms with Crippen LogP contribution in [0.1, 0.15) is 18.9 Å². The SMILES string of the molecule is CCC[SiH](F)C=CCc1ccccc1. The largest absolute Gasteiger partial charge is 0.313 e. The van der Waals surface area contributed by atoms with Gasteiger partial charge in [-0.25, -0.2) is 0 Å². The lowest BCUT2D eigenvalue weighted by molar-refractivity contribution is 0.821. The Morgan fingerprint density at radius 3 is 2.64 bits per heavy atom. The minimum Gasteiger partial charge on any atom is -0.313 e.